The number of carbonyl (C=O) groups excluding carboxylic acids is 2. The highest BCUT2D eigenvalue weighted by Crippen LogP contribution is 2.24. The molecule has 0 bridgehead atoms. The molecule has 150 valence electrons. The van der Waals surface area contributed by atoms with Crippen molar-refractivity contribution in [3.05, 3.63) is 51.2 Å². The number of piperazine rings is 1. The van der Waals surface area contributed by atoms with E-state index >= 15 is 0 Å². The van der Waals surface area contributed by atoms with Gasteiger partial charge in [0.2, 0.25) is 0 Å². The van der Waals surface area contributed by atoms with Crippen molar-refractivity contribution < 1.29 is 9.59 Å². The van der Waals surface area contributed by atoms with Crippen LogP contribution in [0.1, 0.15) is 17.2 Å². The van der Waals surface area contributed by atoms with E-state index in [0.29, 0.717) is 17.3 Å². The Balaban J connectivity index is 1.59. The lowest BCUT2D eigenvalue weighted by atomic mass is 10.1. The quantitative estimate of drug-likeness (QED) is 0.730. The third-order valence-corrected chi connectivity index (χ3v) is 6.11. The van der Waals surface area contributed by atoms with E-state index in [-0.39, 0.29) is 6.04 Å². The van der Waals surface area contributed by atoms with Gasteiger partial charge in [-0.05, 0) is 54.1 Å². The van der Waals surface area contributed by atoms with Crippen LogP contribution in [-0.2, 0) is 9.59 Å². The van der Waals surface area contributed by atoms with Crippen molar-refractivity contribution in [3.63, 3.8) is 0 Å². The predicted molar refractivity (Wildman–Crippen MR) is 114 cm³/mol. The van der Waals surface area contributed by atoms with Crippen LogP contribution in [0.15, 0.2) is 35.0 Å². The van der Waals surface area contributed by atoms with E-state index in [2.05, 4.69) is 38.9 Å². The first-order chi connectivity index (χ1) is 13.4. The Morgan fingerprint density at radius 3 is 2.57 bits per heavy atom. The fourth-order valence-electron chi connectivity index (χ4n) is 3.18. The molecule has 1 aliphatic heterocycles. The molecular weight excluding hydrogens is 396 g/mol. The molecule has 1 saturated heterocycles. The monoisotopic (exact) mass is 420 g/mol. The summed E-state index contributed by atoms with van der Waals surface area (Å²) in [6.07, 6.45) is 0. The molecule has 2 amide bonds. The zero-order valence-corrected chi connectivity index (χ0v) is 17.6. The van der Waals surface area contributed by atoms with Gasteiger partial charge in [-0.3, -0.25) is 14.5 Å². The van der Waals surface area contributed by atoms with Gasteiger partial charge in [-0.25, -0.2) is 0 Å². The van der Waals surface area contributed by atoms with E-state index in [1.165, 1.54) is 5.56 Å². The minimum Gasteiger partial charge on any atom is -0.346 e. The van der Waals surface area contributed by atoms with E-state index in [4.69, 9.17) is 11.6 Å². The summed E-state index contributed by atoms with van der Waals surface area (Å²) in [5.41, 5.74) is 2.58. The second-order valence-electron chi connectivity index (χ2n) is 7.04. The second-order valence-corrected chi connectivity index (χ2v) is 8.23. The minimum absolute atomic E-state index is 0.0607. The number of rotatable bonds is 5. The van der Waals surface area contributed by atoms with Gasteiger partial charge in [-0.15, -0.1) is 0 Å². The van der Waals surface area contributed by atoms with Gasteiger partial charge in [0.15, 0.2) is 0 Å². The minimum atomic E-state index is -0.692. The number of aryl methyl sites for hydroxylation is 1. The van der Waals surface area contributed by atoms with Crippen molar-refractivity contribution in [1.29, 1.82) is 0 Å². The molecule has 0 spiro atoms. The number of benzene rings is 1. The van der Waals surface area contributed by atoms with Gasteiger partial charge >= 0.3 is 11.8 Å². The third-order valence-electron chi connectivity index (χ3n) is 5.00. The predicted octanol–water partition coefficient (Wildman–Crippen LogP) is 2.75. The van der Waals surface area contributed by atoms with Crippen molar-refractivity contribution in [2.24, 2.45) is 0 Å². The van der Waals surface area contributed by atoms with Crippen LogP contribution in [0.5, 0.6) is 0 Å². The fourth-order valence-corrected chi connectivity index (χ4v) is 4.07. The van der Waals surface area contributed by atoms with Gasteiger partial charge in [0.25, 0.3) is 0 Å². The maximum atomic E-state index is 12.3. The number of halogens is 1. The molecule has 0 aliphatic carbocycles. The molecule has 6 nitrogen and oxygen atoms in total. The number of likely N-dealkylation sites (N-methyl/N-ethyl adjacent to an activating group) is 1. The van der Waals surface area contributed by atoms with E-state index in [0.717, 1.165) is 31.7 Å². The summed E-state index contributed by atoms with van der Waals surface area (Å²) in [5, 5.41) is 10.1. The Kier molecular flexibility index (Phi) is 7.07. The number of hydrogen-bond donors (Lipinski definition) is 2. The lowest BCUT2D eigenvalue weighted by Crippen LogP contribution is -2.49. The lowest BCUT2D eigenvalue weighted by Gasteiger charge is -2.37. The highest BCUT2D eigenvalue weighted by atomic mass is 35.5. The maximum Gasteiger partial charge on any atom is 0.313 e. The average Bonchev–Trinajstić information content (AvgIpc) is 3.20. The molecule has 0 radical (unpaired) electrons. The number of carbonyl (C=O) groups is 2. The third kappa shape index (κ3) is 5.32. The summed E-state index contributed by atoms with van der Waals surface area (Å²) >= 11 is 7.71. The van der Waals surface area contributed by atoms with Crippen LogP contribution in [0.2, 0.25) is 5.02 Å². The van der Waals surface area contributed by atoms with Crippen molar-refractivity contribution in [1.82, 2.24) is 15.1 Å². The molecule has 1 fully saturated rings. The number of amides is 2. The van der Waals surface area contributed by atoms with Crippen LogP contribution in [-0.4, -0.2) is 61.4 Å². The van der Waals surface area contributed by atoms with E-state index in [9.17, 15) is 9.59 Å². The number of nitrogens with zero attached hydrogens (tertiary/aromatic N) is 2. The van der Waals surface area contributed by atoms with Gasteiger partial charge in [0.05, 0.1) is 6.04 Å². The lowest BCUT2D eigenvalue weighted by molar-refractivity contribution is -0.136. The summed E-state index contributed by atoms with van der Waals surface area (Å²) in [5.74, 6) is -1.34. The Labute approximate surface area is 174 Å². The van der Waals surface area contributed by atoms with Crippen LogP contribution in [0, 0.1) is 6.92 Å². The molecule has 0 saturated carbocycles. The van der Waals surface area contributed by atoms with Gasteiger partial charge in [0, 0.05) is 43.4 Å². The van der Waals surface area contributed by atoms with Crippen LogP contribution >= 0.6 is 22.9 Å². The molecule has 2 aromatic rings. The largest absolute Gasteiger partial charge is 0.346 e. The highest BCUT2D eigenvalue weighted by molar-refractivity contribution is 7.08. The summed E-state index contributed by atoms with van der Waals surface area (Å²) in [6, 6.07) is 7.31. The second kappa shape index (κ2) is 9.52. The Morgan fingerprint density at radius 2 is 1.93 bits per heavy atom. The normalized spacial score (nSPS) is 16.5. The van der Waals surface area contributed by atoms with E-state index < -0.39 is 11.8 Å². The number of nitrogens with one attached hydrogen (secondary N) is 2. The molecule has 1 aromatic carbocycles. The molecule has 2 N–H and O–H groups in total. The van der Waals surface area contributed by atoms with Gasteiger partial charge < -0.3 is 15.5 Å². The maximum absolute atomic E-state index is 12.3. The molecule has 1 atom stereocenters. The zero-order valence-electron chi connectivity index (χ0n) is 16.1. The zero-order chi connectivity index (χ0) is 20.1. The molecule has 3 rings (SSSR count). The molecule has 1 aromatic heterocycles. The fraction of sp³-hybridized carbons (Fsp3) is 0.400. The van der Waals surface area contributed by atoms with Crippen molar-refractivity contribution in [3.8, 4) is 0 Å². The molecule has 2 heterocycles. The van der Waals surface area contributed by atoms with Gasteiger partial charge in [0.1, 0.15) is 0 Å². The Morgan fingerprint density at radius 1 is 1.18 bits per heavy atom. The van der Waals surface area contributed by atoms with Crippen molar-refractivity contribution in [2.45, 2.75) is 13.0 Å². The summed E-state index contributed by atoms with van der Waals surface area (Å²) in [7, 11) is 2.11. The number of hydrogen-bond acceptors (Lipinski definition) is 5. The highest BCUT2D eigenvalue weighted by Gasteiger charge is 2.25. The van der Waals surface area contributed by atoms with E-state index in [1.807, 2.05) is 12.3 Å². The van der Waals surface area contributed by atoms with E-state index in [1.54, 1.807) is 29.5 Å². The van der Waals surface area contributed by atoms with Crippen molar-refractivity contribution >= 4 is 40.4 Å². The topological polar surface area (TPSA) is 64.7 Å². The van der Waals surface area contributed by atoms with Gasteiger partial charge in [-0.1, -0.05) is 17.7 Å². The molecular formula is C20H25ClN4O2S. The number of thiophene rings is 1. The van der Waals surface area contributed by atoms with Crippen LogP contribution in [0.4, 0.5) is 5.69 Å². The van der Waals surface area contributed by atoms with Gasteiger partial charge in [-0.2, -0.15) is 11.3 Å². The molecule has 1 aliphatic rings. The first kappa shape index (κ1) is 20.8. The first-order valence-corrected chi connectivity index (χ1v) is 10.6. The standard InChI is InChI=1S/C20H25ClN4O2S/c1-14-3-4-16(11-17(14)21)23-20(27)19(26)22-12-18(15-5-10-28-13-15)25-8-6-24(2)7-9-25/h3-5,10-11,13,18H,6-9,12H2,1-2H3,(H,22,26)(H,23,27)/t18-/m1/s1. The van der Waals surface area contributed by atoms with Crippen LogP contribution in [0.3, 0.4) is 0 Å². The summed E-state index contributed by atoms with van der Waals surface area (Å²) < 4.78 is 0. The van der Waals surface area contributed by atoms with Crippen LogP contribution in [0.25, 0.3) is 0 Å². The average molecular weight is 421 g/mol. The first-order valence-electron chi connectivity index (χ1n) is 9.24. The summed E-state index contributed by atoms with van der Waals surface area (Å²) in [4.78, 5) is 29.2. The summed E-state index contributed by atoms with van der Waals surface area (Å²) in [6.45, 7) is 6.11. The molecule has 8 heteroatoms. The van der Waals surface area contributed by atoms with Crippen molar-refractivity contribution in [2.75, 3.05) is 45.1 Å². The smallest absolute Gasteiger partial charge is 0.313 e. The van der Waals surface area contributed by atoms with Crippen LogP contribution < -0.4 is 10.6 Å². The molecule has 0 unspecified atom stereocenters. The Hall–Kier alpha value is -1.93. The SMILES string of the molecule is Cc1ccc(NC(=O)C(=O)NC[C@H](c2ccsc2)N2CCN(C)CC2)cc1Cl. The number of anilines is 1. The Bertz CT molecular complexity index is 820. The molecule has 28 heavy (non-hydrogen) atoms.